The number of pyridine rings is 2. The van der Waals surface area contributed by atoms with Gasteiger partial charge in [0.15, 0.2) is 5.76 Å². The van der Waals surface area contributed by atoms with E-state index in [9.17, 15) is 0 Å². The van der Waals surface area contributed by atoms with E-state index < -0.39 is 0 Å². The van der Waals surface area contributed by atoms with Crippen LogP contribution in [0.1, 0.15) is 26.3 Å². The molecule has 0 bridgehead atoms. The van der Waals surface area contributed by atoms with E-state index in [-0.39, 0.29) is 5.41 Å². The molecule has 0 fully saturated rings. The van der Waals surface area contributed by atoms with Crippen LogP contribution in [-0.2, 0) is 5.41 Å². The lowest BCUT2D eigenvalue weighted by atomic mass is 9.82. The van der Waals surface area contributed by atoms with Crippen LogP contribution < -0.4 is 0 Å². The highest BCUT2D eigenvalue weighted by Crippen LogP contribution is 2.38. The smallest absolute Gasteiger partial charge is 0.153 e. The third-order valence-electron chi connectivity index (χ3n) is 5.96. The normalized spacial score (nSPS) is 12.2. The maximum Gasteiger partial charge on any atom is 0.153 e. The van der Waals surface area contributed by atoms with E-state index in [1.165, 1.54) is 16.3 Å². The summed E-state index contributed by atoms with van der Waals surface area (Å²) < 4.78 is 6.23. The minimum absolute atomic E-state index is 0.0190. The number of aromatic nitrogens is 2. The van der Waals surface area contributed by atoms with E-state index in [4.69, 9.17) is 14.4 Å². The van der Waals surface area contributed by atoms with Crippen molar-refractivity contribution in [1.82, 2.24) is 9.97 Å². The second kappa shape index (κ2) is 7.01. The van der Waals surface area contributed by atoms with Gasteiger partial charge < -0.3 is 4.42 Å². The summed E-state index contributed by atoms with van der Waals surface area (Å²) in [6.45, 7) is 6.78. The molecule has 0 spiro atoms. The van der Waals surface area contributed by atoms with Crippen molar-refractivity contribution in [2.75, 3.05) is 0 Å². The molecule has 0 atom stereocenters. The maximum absolute atomic E-state index is 6.23. The van der Waals surface area contributed by atoms with Gasteiger partial charge in [0, 0.05) is 22.5 Å². The standard InChI is InChI=1S/C28H22N2OS/c1-28(2,3)22-15-19(14-18-6-4-5-7-20(18)22)26-21-16-25(31-24(21)10-12-29-26)23-9-8-17-11-13-32-27(17)30-23/h4-16H,1-3H3. The first-order chi connectivity index (χ1) is 15.5. The van der Waals surface area contributed by atoms with Crippen molar-refractivity contribution in [1.29, 1.82) is 0 Å². The van der Waals surface area contributed by atoms with Gasteiger partial charge in [-0.2, -0.15) is 0 Å². The molecule has 32 heavy (non-hydrogen) atoms. The van der Waals surface area contributed by atoms with E-state index in [1.54, 1.807) is 11.3 Å². The average Bonchev–Trinajstić information content (AvgIpc) is 3.43. The van der Waals surface area contributed by atoms with Crippen LogP contribution in [0, 0.1) is 0 Å². The highest BCUT2D eigenvalue weighted by Gasteiger charge is 2.20. The summed E-state index contributed by atoms with van der Waals surface area (Å²) in [5.74, 6) is 0.765. The fourth-order valence-corrected chi connectivity index (χ4v) is 5.14. The van der Waals surface area contributed by atoms with Gasteiger partial charge in [0.1, 0.15) is 16.1 Å². The van der Waals surface area contributed by atoms with E-state index in [1.807, 2.05) is 18.3 Å². The summed E-state index contributed by atoms with van der Waals surface area (Å²) in [5.41, 5.74) is 5.04. The van der Waals surface area contributed by atoms with Crippen molar-refractivity contribution in [2.24, 2.45) is 0 Å². The van der Waals surface area contributed by atoms with Gasteiger partial charge in [0.2, 0.25) is 0 Å². The van der Waals surface area contributed by atoms with Crippen molar-refractivity contribution >= 4 is 43.3 Å². The van der Waals surface area contributed by atoms with Crippen molar-refractivity contribution in [3.8, 4) is 22.7 Å². The minimum atomic E-state index is 0.0190. The Morgan fingerprint density at radius 3 is 2.59 bits per heavy atom. The van der Waals surface area contributed by atoms with Crippen LogP contribution in [0.5, 0.6) is 0 Å². The monoisotopic (exact) mass is 434 g/mol. The molecule has 3 nitrogen and oxygen atoms in total. The Morgan fingerprint density at radius 1 is 0.844 bits per heavy atom. The zero-order chi connectivity index (χ0) is 21.9. The Morgan fingerprint density at radius 2 is 1.72 bits per heavy atom. The summed E-state index contributed by atoms with van der Waals surface area (Å²) in [7, 11) is 0. The maximum atomic E-state index is 6.23. The van der Waals surface area contributed by atoms with Crippen molar-refractivity contribution in [3.63, 3.8) is 0 Å². The Labute approximate surface area is 190 Å². The van der Waals surface area contributed by atoms with Crippen LogP contribution in [0.4, 0.5) is 0 Å². The lowest BCUT2D eigenvalue weighted by molar-refractivity contribution is 0.596. The second-order valence-corrected chi connectivity index (χ2v) is 10.1. The summed E-state index contributed by atoms with van der Waals surface area (Å²) in [6.07, 6.45) is 1.83. The Balaban J connectivity index is 1.56. The number of benzene rings is 2. The summed E-state index contributed by atoms with van der Waals surface area (Å²) >= 11 is 1.64. The third-order valence-corrected chi connectivity index (χ3v) is 6.78. The molecule has 6 rings (SSSR count). The van der Waals surface area contributed by atoms with E-state index in [0.29, 0.717) is 0 Å². The lowest BCUT2D eigenvalue weighted by Crippen LogP contribution is -2.12. The number of hydrogen-bond donors (Lipinski definition) is 0. The van der Waals surface area contributed by atoms with Crippen LogP contribution in [0.2, 0.25) is 0 Å². The number of hydrogen-bond acceptors (Lipinski definition) is 4. The largest absolute Gasteiger partial charge is 0.454 e. The third kappa shape index (κ3) is 3.10. The van der Waals surface area contributed by atoms with Gasteiger partial charge in [0.05, 0.1) is 5.69 Å². The molecule has 0 N–H and O–H groups in total. The molecule has 0 saturated heterocycles. The van der Waals surface area contributed by atoms with Crippen LogP contribution in [0.3, 0.4) is 0 Å². The van der Waals surface area contributed by atoms with Gasteiger partial charge in [-0.3, -0.25) is 4.98 Å². The SMILES string of the molecule is CC(C)(C)c1cc(-c2nccc3oc(-c4ccc5ccsc5n4)cc23)cc2ccccc12. The van der Waals surface area contributed by atoms with E-state index in [2.05, 4.69) is 80.7 Å². The molecule has 6 aromatic rings. The highest BCUT2D eigenvalue weighted by molar-refractivity contribution is 7.16. The zero-order valence-electron chi connectivity index (χ0n) is 18.2. The zero-order valence-corrected chi connectivity index (χ0v) is 19.0. The molecule has 0 radical (unpaired) electrons. The van der Waals surface area contributed by atoms with Gasteiger partial charge in [-0.1, -0.05) is 45.0 Å². The molecule has 0 unspecified atom stereocenters. The Kier molecular flexibility index (Phi) is 4.21. The number of furan rings is 1. The molecule has 2 aromatic carbocycles. The molecular formula is C28H22N2OS. The minimum Gasteiger partial charge on any atom is -0.454 e. The first kappa shape index (κ1) is 19.2. The number of nitrogens with zero attached hydrogens (tertiary/aromatic N) is 2. The van der Waals surface area contributed by atoms with Gasteiger partial charge in [-0.25, -0.2) is 4.98 Å². The molecular weight excluding hydrogens is 412 g/mol. The van der Waals surface area contributed by atoms with Crippen LogP contribution in [0.15, 0.2) is 82.7 Å². The lowest BCUT2D eigenvalue weighted by Gasteiger charge is -2.22. The van der Waals surface area contributed by atoms with Crippen LogP contribution in [-0.4, -0.2) is 9.97 Å². The predicted octanol–water partition coefficient (Wildman–Crippen LogP) is 8.22. The van der Waals surface area contributed by atoms with Gasteiger partial charge in [-0.15, -0.1) is 11.3 Å². The predicted molar refractivity (Wildman–Crippen MR) is 134 cm³/mol. The molecule has 156 valence electrons. The first-order valence-electron chi connectivity index (χ1n) is 10.7. The molecule has 0 aliphatic heterocycles. The van der Waals surface area contributed by atoms with E-state index >= 15 is 0 Å². The highest BCUT2D eigenvalue weighted by atomic mass is 32.1. The van der Waals surface area contributed by atoms with Crippen molar-refractivity contribution in [2.45, 2.75) is 26.2 Å². The summed E-state index contributed by atoms with van der Waals surface area (Å²) in [4.78, 5) is 10.6. The first-order valence-corrected chi connectivity index (χ1v) is 11.6. The Hall–Kier alpha value is -3.50. The van der Waals surface area contributed by atoms with Crippen LogP contribution in [0.25, 0.3) is 54.7 Å². The molecule has 4 aromatic heterocycles. The molecule has 4 heteroatoms. The van der Waals surface area contributed by atoms with Crippen molar-refractivity contribution < 1.29 is 4.42 Å². The Bertz CT molecular complexity index is 1620. The van der Waals surface area contributed by atoms with Gasteiger partial charge in [0.25, 0.3) is 0 Å². The second-order valence-electron chi connectivity index (χ2n) is 9.19. The van der Waals surface area contributed by atoms with E-state index in [0.717, 1.165) is 43.9 Å². The molecule has 0 amide bonds. The number of thiophene rings is 1. The quantitative estimate of drug-likeness (QED) is 0.275. The summed E-state index contributed by atoms with van der Waals surface area (Å²) in [6, 6.07) is 23.3. The molecule has 0 saturated carbocycles. The fraction of sp³-hybridized carbons (Fsp3) is 0.143. The topological polar surface area (TPSA) is 38.9 Å². The summed E-state index contributed by atoms with van der Waals surface area (Å²) in [5, 5.41) is 6.74. The molecule has 0 aliphatic carbocycles. The number of fused-ring (bicyclic) bond motifs is 3. The average molecular weight is 435 g/mol. The molecule has 4 heterocycles. The van der Waals surface area contributed by atoms with Crippen LogP contribution >= 0.6 is 11.3 Å². The number of rotatable bonds is 2. The van der Waals surface area contributed by atoms with Gasteiger partial charge in [-0.05, 0) is 69.6 Å². The molecule has 0 aliphatic rings. The van der Waals surface area contributed by atoms with Crippen molar-refractivity contribution in [3.05, 3.63) is 83.9 Å². The van der Waals surface area contributed by atoms with Gasteiger partial charge >= 0.3 is 0 Å². The fourth-order valence-electron chi connectivity index (χ4n) is 4.37.